The SMILES string of the molecule is CCc1ccc(N)c(-c2ccc(C)cc2)c1. The molecule has 0 unspecified atom stereocenters. The molecule has 2 rings (SSSR count). The second kappa shape index (κ2) is 4.40. The van der Waals surface area contributed by atoms with Crippen LogP contribution < -0.4 is 5.73 Å². The Morgan fingerprint density at radius 2 is 1.69 bits per heavy atom. The maximum Gasteiger partial charge on any atom is 0.0393 e. The summed E-state index contributed by atoms with van der Waals surface area (Å²) < 4.78 is 0. The first-order valence-corrected chi connectivity index (χ1v) is 5.66. The zero-order chi connectivity index (χ0) is 11.5. The molecule has 0 aliphatic carbocycles. The molecule has 0 fully saturated rings. The third kappa shape index (κ3) is 2.08. The van der Waals surface area contributed by atoms with Crippen LogP contribution in [0, 0.1) is 6.92 Å². The van der Waals surface area contributed by atoms with E-state index < -0.39 is 0 Å². The van der Waals surface area contributed by atoms with Crippen LogP contribution >= 0.6 is 0 Å². The lowest BCUT2D eigenvalue weighted by Gasteiger charge is -2.08. The Balaban J connectivity index is 2.50. The molecule has 2 aromatic rings. The van der Waals surface area contributed by atoms with Crippen LogP contribution in [-0.4, -0.2) is 0 Å². The summed E-state index contributed by atoms with van der Waals surface area (Å²) in [6, 6.07) is 14.8. The van der Waals surface area contributed by atoms with Crippen molar-refractivity contribution < 1.29 is 0 Å². The predicted molar refractivity (Wildman–Crippen MR) is 70.4 cm³/mol. The number of rotatable bonds is 2. The quantitative estimate of drug-likeness (QED) is 0.751. The highest BCUT2D eigenvalue weighted by Gasteiger charge is 2.03. The van der Waals surface area contributed by atoms with E-state index >= 15 is 0 Å². The van der Waals surface area contributed by atoms with Gasteiger partial charge in [-0.15, -0.1) is 0 Å². The molecule has 82 valence electrons. The Morgan fingerprint density at radius 3 is 2.31 bits per heavy atom. The highest BCUT2D eigenvalue weighted by Crippen LogP contribution is 2.27. The molecule has 2 aromatic carbocycles. The van der Waals surface area contributed by atoms with Gasteiger partial charge in [0, 0.05) is 11.3 Å². The second-order valence-corrected chi connectivity index (χ2v) is 4.14. The predicted octanol–water partition coefficient (Wildman–Crippen LogP) is 3.81. The van der Waals surface area contributed by atoms with E-state index in [9.17, 15) is 0 Å². The van der Waals surface area contributed by atoms with Crippen LogP contribution in [0.5, 0.6) is 0 Å². The molecule has 0 saturated carbocycles. The molecule has 0 amide bonds. The van der Waals surface area contributed by atoms with Crippen LogP contribution in [0.15, 0.2) is 42.5 Å². The summed E-state index contributed by atoms with van der Waals surface area (Å²) >= 11 is 0. The Kier molecular flexibility index (Phi) is 2.95. The van der Waals surface area contributed by atoms with E-state index in [2.05, 4.69) is 50.2 Å². The zero-order valence-corrected chi connectivity index (χ0v) is 9.83. The van der Waals surface area contributed by atoms with E-state index in [1.807, 2.05) is 6.07 Å². The van der Waals surface area contributed by atoms with E-state index in [4.69, 9.17) is 5.73 Å². The van der Waals surface area contributed by atoms with Gasteiger partial charge in [-0.25, -0.2) is 0 Å². The van der Waals surface area contributed by atoms with Gasteiger partial charge >= 0.3 is 0 Å². The van der Waals surface area contributed by atoms with E-state index in [0.717, 1.165) is 17.7 Å². The average Bonchev–Trinajstić information content (AvgIpc) is 2.31. The van der Waals surface area contributed by atoms with E-state index in [0.29, 0.717) is 0 Å². The normalized spacial score (nSPS) is 10.4. The van der Waals surface area contributed by atoms with Crippen molar-refractivity contribution in [2.75, 3.05) is 5.73 Å². The Bertz CT molecular complexity index is 483. The third-order valence-electron chi connectivity index (χ3n) is 2.89. The van der Waals surface area contributed by atoms with Crippen LogP contribution in [0.3, 0.4) is 0 Å². The number of nitrogens with two attached hydrogens (primary N) is 1. The van der Waals surface area contributed by atoms with Crippen LogP contribution in [0.4, 0.5) is 5.69 Å². The van der Waals surface area contributed by atoms with Gasteiger partial charge < -0.3 is 5.73 Å². The fraction of sp³-hybridized carbons (Fsp3) is 0.200. The topological polar surface area (TPSA) is 26.0 Å². The molecule has 0 spiro atoms. The largest absolute Gasteiger partial charge is 0.398 e. The van der Waals surface area contributed by atoms with Gasteiger partial charge in [0.05, 0.1) is 0 Å². The van der Waals surface area contributed by atoms with E-state index in [1.54, 1.807) is 0 Å². The van der Waals surface area contributed by atoms with Crippen molar-refractivity contribution in [3.05, 3.63) is 53.6 Å². The number of hydrogen-bond acceptors (Lipinski definition) is 1. The smallest absolute Gasteiger partial charge is 0.0393 e. The van der Waals surface area contributed by atoms with Gasteiger partial charge in [0.2, 0.25) is 0 Å². The molecule has 2 N–H and O–H groups in total. The van der Waals surface area contributed by atoms with Gasteiger partial charge in [0.15, 0.2) is 0 Å². The first kappa shape index (κ1) is 10.7. The number of benzene rings is 2. The summed E-state index contributed by atoms with van der Waals surface area (Å²) in [4.78, 5) is 0. The summed E-state index contributed by atoms with van der Waals surface area (Å²) in [6.07, 6.45) is 1.04. The van der Waals surface area contributed by atoms with Crippen molar-refractivity contribution in [1.29, 1.82) is 0 Å². The van der Waals surface area contributed by atoms with Gasteiger partial charge in [-0.1, -0.05) is 42.8 Å². The van der Waals surface area contributed by atoms with E-state index in [-0.39, 0.29) is 0 Å². The summed E-state index contributed by atoms with van der Waals surface area (Å²) in [5, 5.41) is 0. The molecule has 0 saturated heterocycles. The first-order chi connectivity index (χ1) is 7.70. The molecule has 16 heavy (non-hydrogen) atoms. The Labute approximate surface area is 96.9 Å². The van der Waals surface area contributed by atoms with Gasteiger partial charge in [-0.3, -0.25) is 0 Å². The number of anilines is 1. The third-order valence-corrected chi connectivity index (χ3v) is 2.89. The van der Waals surface area contributed by atoms with Crippen LogP contribution in [-0.2, 0) is 6.42 Å². The molecule has 0 radical (unpaired) electrons. The Hall–Kier alpha value is -1.76. The van der Waals surface area contributed by atoms with Crippen molar-refractivity contribution in [1.82, 2.24) is 0 Å². The lowest BCUT2D eigenvalue weighted by Crippen LogP contribution is -1.92. The van der Waals surface area contributed by atoms with Gasteiger partial charge in [0.25, 0.3) is 0 Å². The fourth-order valence-corrected chi connectivity index (χ4v) is 1.81. The van der Waals surface area contributed by atoms with Crippen molar-refractivity contribution in [2.45, 2.75) is 20.3 Å². The van der Waals surface area contributed by atoms with Crippen molar-refractivity contribution in [2.24, 2.45) is 0 Å². The number of nitrogen functional groups attached to an aromatic ring is 1. The molecule has 0 bridgehead atoms. The van der Waals surface area contributed by atoms with Crippen molar-refractivity contribution in [3.8, 4) is 11.1 Å². The summed E-state index contributed by atoms with van der Waals surface area (Å²) in [6.45, 7) is 4.25. The second-order valence-electron chi connectivity index (χ2n) is 4.14. The number of hydrogen-bond donors (Lipinski definition) is 1. The monoisotopic (exact) mass is 211 g/mol. The van der Waals surface area contributed by atoms with Gasteiger partial charge in [-0.05, 0) is 36.6 Å². The lowest BCUT2D eigenvalue weighted by atomic mass is 9.99. The molecule has 0 heterocycles. The summed E-state index contributed by atoms with van der Waals surface area (Å²) in [5.41, 5.74) is 11.8. The van der Waals surface area contributed by atoms with Crippen LogP contribution in [0.1, 0.15) is 18.1 Å². The Morgan fingerprint density at radius 1 is 1.00 bits per heavy atom. The van der Waals surface area contributed by atoms with Crippen molar-refractivity contribution >= 4 is 5.69 Å². The molecule has 1 heteroatoms. The highest BCUT2D eigenvalue weighted by molar-refractivity contribution is 5.76. The molecule has 0 aromatic heterocycles. The maximum absolute atomic E-state index is 6.01. The standard InChI is InChI=1S/C15H17N/c1-3-12-6-9-15(16)14(10-12)13-7-4-11(2)5-8-13/h4-10H,3,16H2,1-2H3. The fourth-order valence-electron chi connectivity index (χ4n) is 1.81. The van der Waals surface area contributed by atoms with Gasteiger partial charge in [0.1, 0.15) is 0 Å². The minimum atomic E-state index is 0.848. The van der Waals surface area contributed by atoms with Crippen LogP contribution in [0.25, 0.3) is 11.1 Å². The minimum absolute atomic E-state index is 0.848. The molecular formula is C15H17N. The zero-order valence-electron chi connectivity index (χ0n) is 9.83. The first-order valence-electron chi connectivity index (χ1n) is 5.66. The van der Waals surface area contributed by atoms with Crippen LogP contribution in [0.2, 0.25) is 0 Å². The minimum Gasteiger partial charge on any atom is -0.398 e. The summed E-state index contributed by atoms with van der Waals surface area (Å²) in [7, 11) is 0. The lowest BCUT2D eigenvalue weighted by molar-refractivity contribution is 1.14. The summed E-state index contributed by atoms with van der Waals surface area (Å²) in [5.74, 6) is 0. The maximum atomic E-state index is 6.01. The van der Waals surface area contributed by atoms with Crippen molar-refractivity contribution in [3.63, 3.8) is 0 Å². The van der Waals surface area contributed by atoms with Gasteiger partial charge in [-0.2, -0.15) is 0 Å². The molecule has 0 aliphatic heterocycles. The highest BCUT2D eigenvalue weighted by atomic mass is 14.6. The number of aryl methyl sites for hydroxylation is 2. The average molecular weight is 211 g/mol. The molecule has 1 nitrogen and oxygen atoms in total. The molecule has 0 aliphatic rings. The molecule has 0 atom stereocenters. The molecular weight excluding hydrogens is 194 g/mol. The van der Waals surface area contributed by atoms with E-state index in [1.165, 1.54) is 16.7 Å².